The van der Waals surface area contributed by atoms with E-state index in [1.165, 1.54) is 0 Å². The number of piperidine rings is 1. The summed E-state index contributed by atoms with van der Waals surface area (Å²) in [5.74, 6) is 0.960. The van der Waals surface area contributed by atoms with Crippen LogP contribution in [0.2, 0.25) is 0 Å². The molecule has 0 saturated carbocycles. The first kappa shape index (κ1) is 11.5. The van der Waals surface area contributed by atoms with E-state index in [1.54, 1.807) is 24.3 Å². The fourth-order valence-electron chi connectivity index (χ4n) is 2.19. The number of rotatable bonds is 2. The summed E-state index contributed by atoms with van der Waals surface area (Å²) in [7, 11) is 0. The molecule has 1 fully saturated rings. The highest BCUT2D eigenvalue weighted by atomic mass is 16.4. The van der Waals surface area contributed by atoms with Crippen molar-refractivity contribution in [1.82, 2.24) is 10.2 Å². The Morgan fingerprint density at radius 3 is 3.06 bits per heavy atom. The summed E-state index contributed by atoms with van der Waals surface area (Å²) in [5, 5.41) is 11.9. The Morgan fingerprint density at radius 1 is 1.53 bits per heavy atom. The number of nitrogens with one attached hydrogen (secondary N) is 1. The molecule has 0 aromatic heterocycles. The van der Waals surface area contributed by atoms with Crippen LogP contribution in [0, 0.1) is 0 Å². The van der Waals surface area contributed by atoms with Crippen molar-refractivity contribution in [2.75, 3.05) is 6.54 Å². The summed E-state index contributed by atoms with van der Waals surface area (Å²) < 4.78 is 0. The van der Waals surface area contributed by atoms with Gasteiger partial charge in [-0.25, -0.2) is 9.59 Å². The summed E-state index contributed by atoms with van der Waals surface area (Å²) in [6.07, 6.45) is 7.59. The highest BCUT2D eigenvalue weighted by Gasteiger charge is 2.29. The zero-order valence-electron chi connectivity index (χ0n) is 9.35. The lowest BCUT2D eigenvalue weighted by atomic mass is 10.0. The van der Waals surface area contributed by atoms with E-state index in [9.17, 15) is 9.59 Å². The highest BCUT2D eigenvalue weighted by molar-refractivity contribution is 5.74. The SMILES string of the molecule is O=C=C1C=C(N2CCCCC2C(=O)O)C=CN1. The second-order valence-electron chi connectivity index (χ2n) is 4.11. The van der Waals surface area contributed by atoms with Crippen molar-refractivity contribution < 1.29 is 14.7 Å². The van der Waals surface area contributed by atoms with Crippen LogP contribution in [0.1, 0.15) is 19.3 Å². The third-order valence-electron chi connectivity index (χ3n) is 3.01. The molecule has 0 spiro atoms. The number of dihydropyridines is 1. The first-order chi connectivity index (χ1) is 8.22. The quantitative estimate of drug-likeness (QED) is 0.686. The molecule has 0 aliphatic carbocycles. The molecule has 0 aromatic carbocycles. The van der Waals surface area contributed by atoms with Gasteiger partial charge in [-0.15, -0.1) is 0 Å². The van der Waals surface area contributed by atoms with E-state index in [-0.39, 0.29) is 0 Å². The van der Waals surface area contributed by atoms with E-state index < -0.39 is 12.0 Å². The van der Waals surface area contributed by atoms with Crippen LogP contribution in [0.25, 0.3) is 0 Å². The van der Waals surface area contributed by atoms with E-state index in [2.05, 4.69) is 5.32 Å². The second-order valence-corrected chi connectivity index (χ2v) is 4.11. The van der Waals surface area contributed by atoms with E-state index in [0.29, 0.717) is 18.7 Å². The Bertz CT molecular complexity index is 433. The fraction of sp³-hybridized carbons (Fsp3) is 0.417. The Labute approximate surface area is 99.1 Å². The zero-order valence-corrected chi connectivity index (χ0v) is 9.35. The van der Waals surface area contributed by atoms with Gasteiger partial charge in [-0.1, -0.05) is 0 Å². The van der Waals surface area contributed by atoms with E-state index in [0.717, 1.165) is 18.5 Å². The molecule has 2 aliphatic heterocycles. The summed E-state index contributed by atoms with van der Waals surface area (Å²) in [6, 6.07) is -0.495. The van der Waals surface area contributed by atoms with Crippen LogP contribution >= 0.6 is 0 Å². The monoisotopic (exact) mass is 234 g/mol. The number of hydrogen-bond acceptors (Lipinski definition) is 4. The molecule has 2 heterocycles. The normalized spacial score (nSPS) is 23.8. The molecule has 1 saturated heterocycles. The molecular formula is C12H14N2O3. The van der Waals surface area contributed by atoms with Crippen molar-refractivity contribution in [2.45, 2.75) is 25.3 Å². The van der Waals surface area contributed by atoms with Gasteiger partial charge in [0.15, 0.2) is 5.94 Å². The third-order valence-corrected chi connectivity index (χ3v) is 3.01. The number of hydrogen-bond donors (Lipinski definition) is 2. The number of aliphatic carboxylic acids is 1. The molecule has 0 aromatic rings. The molecule has 0 amide bonds. The summed E-state index contributed by atoms with van der Waals surface area (Å²) in [6.45, 7) is 0.708. The lowest BCUT2D eigenvalue weighted by molar-refractivity contribution is -0.143. The molecule has 5 nitrogen and oxygen atoms in total. The zero-order chi connectivity index (χ0) is 12.3. The van der Waals surface area contributed by atoms with Crippen molar-refractivity contribution in [3.05, 3.63) is 29.7 Å². The van der Waals surface area contributed by atoms with Crippen molar-refractivity contribution in [3.8, 4) is 0 Å². The number of carbonyl (C=O) groups is 1. The molecule has 1 unspecified atom stereocenters. The number of allylic oxidation sites excluding steroid dienone is 2. The van der Waals surface area contributed by atoms with Gasteiger partial charge in [0.1, 0.15) is 11.7 Å². The van der Waals surface area contributed by atoms with Gasteiger partial charge in [0.2, 0.25) is 0 Å². The maximum absolute atomic E-state index is 11.2. The fourth-order valence-corrected chi connectivity index (χ4v) is 2.19. The van der Waals surface area contributed by atoms with Gasteiger partial charge in [-0.2, -0.15) is 0 Å². The maximum Gasteiger partial charge on any atom is 0.326 e. The Hall–Kier alpha value is -2.00. The molecule has 2 rings (SSSR count). The van der Waals surface area contributed by atoms with Crippen LogP contribution in [0.5, 0.6) is 0 Å². The smallest absolute Gasteiger partial charge is 0.326 e. The maximum atomic E-state index is 11.2. The van der Waals surface area contributed by atoms with Crippen LogP contribution < -0.4 is 5.32 Å². The molecule has 2 N–H and O–H groups in total. The largest absolute Gasteiger partial charge is 0.480 e. The van der Waals surface area contributed by atoms with Gasteiger partial charge in [-0.05, 0) is 31.4 Å². The molecule has 90 valence electrons. The Balaban J connectivity index is 2.25. The average Bonchev–Trinajstić information content (AvgIpc) is 2.39. The molecule has 1 atom stereocenters. The number of carboxylic acid groups (broad SMARTS) is 1. The van der Waals surface area contributed by atoms with E-state index in [4.69, 9.17) is 5.11 Å². The minimum Gasteiger partial charge on any atom is -0.480 e. The number of likely N-dealkylation sites (tertiary alicyclic amines) is 1. The van der Waals surface area contributed by atoms with Gasteiger partial charge in [-0.3, -0.25) is 0 Å². The first-order valence-electron chi connectivity index (χ1n) is 5.61. The van der Waals surface area contributed by atoms with Crippen LogP contribution in [-0.4, -0.2) is 34.5 Å². The number of carbonyl (C=O) groups excluding carboxylic acids is 1. The van der Waals surface area contributed by atoms with E-state index in [1.807, 2.05) is 4.90 Å². The van der Waals surface area contributed by atoms with Crippen LogP contribution in [0.15, 0.2) is 29.7 Å². The predicted octanol–water partition coefficient (Wildman–Crippen LogP) is 0.642. The third kappa shape index (κ3) is 2.40. The molecular weight excluding hydrogens is 220 g/mol. The summed E-state index contributed by atoms with van der Waals surface area (Å²) >= 11 is 0. The highest BCUT2D eigenvalue weighted by Crippen LogP contribution is 2.24. The first-order valence-corrected chi connectivity index (χ1v) is 5.61. The average molecular weight is 234 g/mol. The molecule has 5 heteroatoms. The van der Waals surface area contributed by atoms with Crippen molar-refractivity contribution in [2.24, 2.45) is 0 Å². The second kappa shape index (κ2) is 4.89. The van der Waals surface area contributed by atoms with Crippen molar-refractivity contribution in [3.63, 3.8) is 0 Å². The Kier molecular flexibility index (Phi) is 3.30. The van der Waals surface area contributed by atoms with Crippen molar-refractivity contribution in [1.29, 1.82) is 0 Å². The van der Waals surface area contributed by atoms with Crippen LogP contribution in [0.3, 0.4) is 0 Å². The number of nitrogens with zero attached hydrogens (tertiary/aromatic N) is 1. The van der Waals surface area contributed by atoms with E-state index >= 15 is 0 Å². The van der Waals surface area contributed by atoms with Gasteiger partial charge < -0.3 is 15.3 Å². The van der Waals surface area contributed by atoms with Crippen LogP contribution in [-0.2, 0) is 9.59 Å². The van der Waals surface area contributed by atoms with Gasteiger partial charge in [0.05, 0.1) is 0 Å². The number of carboxylic acids is 1. The Morgan fingerprint density at radius 2 is 2.35 bits per heavy atom. The minimum atomic E-state index is -0.811. The molecule has 17 heavy (non-hydrogen) atoms. The standard InChI is InChI=1S/C12H14N2O3/c15-8-9-7-10(4-5-13-9)14-6-2-1-3-11(14)12(16)17/h4-5,7,11,13H,1-3,6H2,(H,16,17). The molecule has 0 bridgehead atoms. The predicted molar refractivity (Wildman–Crippen MR) is 61.5 cm³/mol. The van der Waals surface area contributed by atoms with Crippen LogP contribution in [0.4, 0.5) is 0 Å². The van der Waals surface area contributed by atoms with Gasteiger partial charge >= 0.3 is 5.97 Å². The lowest BCUT2D eigenvalue weighted by Gasteiger charge is -2.36. The lowest BCUT2D eigenvalue weighted by Crippen LogP contribution is -2.44. The van der Waals surface area contributed by atoms with Crippen molar-refractivity contribution >= 4 is 11.9 Å². The molecule has 2 aliphatic rings. The summed E-state index contributed by atoms with van der Waals surface area (Å²) in [5.41, 5.74) is 1.09. The summed E-state index contributed by atoms with van der Waals surface area (Å²) in [4.78, 5) is 23.6. The van der Waals surface area contributed by atoms with Gasteiger partial charge in [0, 0.05) is 18.4 Å². The topological polar surface area (TPSA) is 69.6 Å². The molecule has 0 radical (unpaired) electrons. The van der Waals surface area contributed by atoms with Gasteiger partial charge in [0.25, 0.3) is 0 Å². The minimum absolute atomic E-state index is 0.331.